The van der Waals surface area contributed by atoms with Gasteiger partial charge >= 0.3 is 0 Å². The Labute approximate surface area is 168 Å². The number of rotatable bonds is 6. The van der Waals surface area contributed by atoms with Gasteiger partial charge in [0.1, 0.15) is 5.75 Å². The fourth-order valence-electron chi connectivity index (χ4n) is 3.06. The van der Waals surface area contributed by atoms with E-state index in [9.17, 15) is 18.3 Å². The number of anilines is 1. The summed E-state index contributed by atoms with van der Waals surface area (Å²) in [5.41, 5.74) is 0.916. The zero-order chi connectivity index (χ0) is 20.5. The average molecular weight is 419 g/mol. The summed E-state index contributed by atoms with van der Waals surface area (Å²) < 4.78 is 27.8. The molecule has 28 heavy (non-hydrogen) atoms. The summed E-state index contributed by atoms with van der Waals surface area (Å²) in [5.74, 6) is -0.572. The van der Waals surface area contributed by atoms with Crippen molar-refractivity contribution in [1.29, 1.82) is 0 Å². The lowest BCUT2D eigenvalue weighted by Gasteiger charge is -2.19. The molecule has 0 fully saturated rings. The quantitative estimate of drug-likeness (QED) is 0.588. The molecule has 1 amide bonds. The van der Waals surface area contributed by atoms with Crippen molar-refractivity contribution in [2.45, 2.75) is 25.7 Å². The van der Waals surface area contributed by atoms with Gasteiger partial charge in [0.15, 0.2) is 0 Å². The molecule has 0 spiro atoms. The van der Waals surface area contributed by atoms with Crippen molar-refractivity contribution < 1.29 is 18.3 Å². The molecule has 1 heterocycles. The maximum absolute atomic E-state index is 12.8. The van der Waals surface area contributed by atoms with E-state index in [-0.39, 0.29) is 22.2 Å². The van der Waals surface area contributed by atoms with Gasteiger partial charge in [-0.15, -0.1) is 11.3 Å². The number of nitrogens with one attached hydrogen (secondary N) is 1. The normalized spacial score (nSPS) is 11.9. The van der Waals surface area contributed by atoms with E-state index in [1.54, 1.807) is 13.8 Å². The molecular weight excluding hydrogens is 396 g/mol. The van der Waals surface area contributed by atoms with Gasteiger partial charge in [-0.2, -0.15) is 4.31 Å². The minimum atomic E-state index is -3.70. The monoisotopic (exact) mass is 418 g/mol. The van der Waals surface area contributed by atoms with Crippen LogP contribution in [0.5, 0.6) is 5.75 Å². The molecule has 3 aromatic rings. The zero-order valence-electron chi connectivity index (χ0n) is 15.9. The van der Waals surface area contributed by atoms with Crippen LogP contribution in [0.3, 0.4) is 0 Å². The smallest absolute Gasteiger partial charge is 0.266 e. The predicted molar refractivity (Wildman–Crippen MR) is 113 cm³/mol. The van der Waals surface area contributed by atoms with Gasteiger partial charge in [-0.05, 0) is 42.1 Å². The summed E-state index contributed by atoms with van der Waals surface area (Å²) in [6, 6.07) is 11.6. The number of nitrogens with zero attached hydrogens (tertiary/aromatic N) is 1. The minimum absolute atomic E-state index is 0.0253. The molecule has 8 heteroatoms. The number of amides is 1. The highest BCUT2D eigenvalue weighted by Gasteiger charge is 2.23. The topological polar surface area (TPSA) is 86.7 Å². The van der Waals surface area contributed by atoms with Gasteiger partial charge in [-0.25, -0.2) is 8.42 Å². The zero-order valence-corrected chi connectivity index (χ0v) is 17.5. The van der Waals surface area contributed by atoms with Crippen LogP contribution in [0.1, 0.15) is 29.1 Å². The first-order valence-electron chi connectivity index (χ1n) is 8.92. The number of phenols is 1. The number of benzene rings is 2. The maximum Gasteiger partial charge on any atom is 0.266 e. The van der Waals surface area contributed by atoms with Crippen LogP contribution in [-0.4, -0.2) is 36.8 Å². The van der Waals surface area contributed by atoms with Crippen LogP contribution in [0.25, 0.3) is 10.1 Å². The molecule has 2 N–H and O–H groups in total. The van der Waals surface area contributed by atoms with Crippen molar-refractivity contribution in [2.24, 2.45) is 0 Å². The van der Waals surface area contributed by atoms with E-state index in [4.69, 9.17) is 0 Å². The first-order chi connectivity index (χ1) is 13.3. The molecule has 2 aromatic carbocycles. The van der Waals surface area contributed by atoms with Crippen molar-refractivity contribution in [3.05, 3.63) is 52.9 Å². The number of thiophene rings is 1. The van der Waals surface area contributed by atoms with E-state index in [0.717, 1.165) is 15.6 Å². The van der Waals surface area contributed by atoms with Crippen molar-refractivity contribution >= 4 is 43.0 Å². The van der Waals surface area contributed by atoms with E-state index in [1.807, 2.05) is 31.2 Å². The molecule has 0 atom stereocenters. The van der Waals surface area contributed by atoms with Crippen LogP contribution in [-0.2, 0) is 10.0 Å². The SMILES string of the molecule is CCN(CC)S(=O)(=O)c1ccc(O)c(NC(=O)c2sc3ccccc3c2C)c1. The molecule has 0 aliphatic rings. The summed E-state index contributed by atoms with van der Waals surface area (Å²) in [5, 5.41) is 13.8. The Balaban J connectivity index is 1.96. The van der Waals surface area contributed by atoms with Crippen LogP contribution in [0.4, 0.5) is 5.69 Å². The lowest BCUT2D eigenvalue weighted by atomic mass is 10.1. The largest absolute Gasteiger partial charge is 0.506 e. The van der Waals surface area contributed by atoms with E-state index in [0.29, 0.717) is 18.0 Å². The molecule has 0 bridgehead atoms. The van der Waals surface area contributed by atoms with Gasteiger partial charge in [0.05, 0.1) is 15.5 Å². The number of fused-ring (bicyclic) bond motifs is 1. The van der Waals surface area contributed by atoms with Crippen LogP contribution in [0, 0.1) is 6.92 Å². The van der Waals surface area contributed by atoms with Gasteiger partial charge < -0.3 is 10.4 Å². The Morgan fingerprint density at radius 2 is 1.82 bits per heavy atom. The Kier molecular flexibility index (Phi) is 5.74. The second-order valence-electron chi connectivity index (χ2n) is 6.27. The van der Waals surface area contributed by atoms with Crippen LogP contribution in [0.15, 0.2) is 47.4 Å². The van der Waals surface area contributed by atoms with Gasteiger partial charge in [0.25, 0.3) is 5.91 Å². The Hall–Kier alpha value is -2.42. The number of carbonyl (C=O) groups excluding carboxylic acids is 1. The molecule has 0 saturated carbocycles. The molecule has 148 valence electrons. The fraction of sp³-hybridized carbons (Fsp3) is 0.250. The molecule has 3 rings (SSSR count). The number of sulfonamides is 1. The van der Waals surface area contributed by atoms with Crippen LogP contribution < -0.4 is 5.32 Å². The Morgan fingerprint density at radius 1 is 1.14 bits per heavy atom. The first kappa shape index (κ1) is 20.3. The van der Waals surface area contributed by atoms with Gasteiger partial charge in [0, 0.05) is 17.8 Å². The van der Waals surface area contributed by atoms with Gasteiger partial charge in [-0.3, -0.25) is 4.79 Å². The van der Waals surface area contributed by atoms with Crippen molar-refractivity contribution in [2.75, 3.05) is 18.4 Å². The first-order valence-corrected chi connectivity index (χ1v) is 11.2. The highest BCUT2D eigenvalue weighted by molar-refractivity contribution is 7.89. The van der Waals surface area contributed by atoms with Crippen LogP contribution in [0.2, 0.25) is 0 Å². The average Bonchev–Trinajstić information content (AvgIpc) is 3.01. The third kappa shape index (κ3) is 3.63. The van der Waals surface area contributed by atoms with Crippen LogP contribution >= 0.6 is 11.3 Å². The number of aromatic hydroxyl groups is 1. The molecule has 6 nitrogen and oxygen atoms in total. The summed E-state index contributed by atoms with van der Waals surface area (Å²) in [6.07, 6.45) is 0. The maximum atomic E-state index is 12.8. The third-order valence-electron chi connectivity index (χ3n) is 4.61. The Morgan fingerprint density at radius 3 is 2.46 bits per heavy atom. The second-order valence-corrected chi connectivity index (χ2v) is 9.26. The molecular formula is C20H22N2O4S2. The lowest BCUT2D eigenvalue weighted by molar-refractivity contribution is 0.102. The molecule has 0 unspecified atom stereocenters. The fourth-order valence-corrected chi connectivity index (χ4v) is 5.65. The summed E-state index contributed by atoms with van der Waals surface area (Å²) in [7, 11) is -3.70. The highest BCUT2D eigenvalue weighted by Crippen LogP contribution is 2.33. The van der Waals surface area contributed by atoms with Crippen molar-refractivity contribution in [3.63, 3.8) is 0 Å². The molecule has 0 saturated heterocycles. The minimum Gasteiger partial charge on any atom is -0.506 e. The predicted octanol–water partition coefficient (Wildman–Crippen LogP) is 4.20. The Bertz CT molecular complexity index is 1130. The van der Waals surface area contributed by atoms with E-state index in [2.05, 4.69) is 5.32 Å². The van der Waals surface area contributed by atoms with Crippen molar-refractivity contribution in [1.82, 2.24) is 4.31 Å². The molecule has 1 aromatic heterocycles. The summed E-state index contributed by atoms with van der Waals surface area (Å²) in [6.45, 7) is 6.06. The summed E-state index contributed by atoms with van der Waals surface area (Å²) >= 11 is 1.36. The summed E-state index contributed by atoms with van der Waals surface area (Å²) in [4.78, 5) is 13.3. The van der Waals surface area contributed by atoms with E-state index in [1.165, 1.54) is 33.8 Å². The molecule has 0 aliphatic heterocycles. The molecule has 0 aliphatic carbocycles. The number of carbonyl (C=O) groups is 1. The number of aryl methyl sites for hydroxylation is 1. The van der Waals surface area contributed by atoms with E-state index < -0.39 is 10.0 Å². The molecule has 0 radical (unpaired) electrons. The number of hydrogen-bond donors (Lipinski definition) is 2. The number of hydrogen-bond acceptors (Lipinski definition) is 5. The standard InChI is InChI=1S/C20H22N2O4S2/c1-4-22(5-2)28(25,26)14-10-11-17(23)16(12-14)21-20(24)19-13(3)15-8-6-7-9-18(15)27-19/h6-12,23H,4-5H2,1-3H3,(H,21,24). The number of phenolic OH excluding ortho intramolecular Hbond substituents is 1. The second kappa shape index (κ2) is 7.90. The highest BCUT2D eigenvalue weighted by atomic mass is 32.2. The lowest BCUT2D eigenvalue weighted by Crippen LogP contribution is -2.30. The van der Waals surface area contributed by atoms with E-state index >= 15 is 0 Å². The van der Waals surface area contributed by atoms with Gasteiger partial charge in [0.2, 0.25) is 10.0 Å². The third-order valence-corrected chi connectivity index (χ3v) is 7.93. The van der Waals surface area contributed by atoms with Gasteiger partial charge in [-0.1, -0.05) is 32.0 Å². The van der Waals surface area contributed by atoms with Crippen molar-refractivity contribution in [3.8, 4) is 5.75 Å².